The second-order valence-electron chi connectivity index (χ2n) is 9.61. The number of aryl methyl sites for hydroxylation is 1. The van der Waals surface area contributed by atoms with Crippen molar-refractivity contribution < 1.29 is 4.39 Å². The summed E-state index contributed by atoms with van der Waals surface area (Å²) in [6, 6.07) is 18.6. The average Bonchev–Trinajstić information content (AvgIpc) is 2.82. The monoisotopic (exact) mass is 426 g/mol. The van der Waals surface area contributed by atoms with Crippen molar-refractivity contribution in [3.8, 4) is 11.8 Å². The Morgan fingerprint density at radius 2 is 1.53 bits per heavy atom. The highest BCUT2D eigenvalue weighted by Gasteiger charge is 2.19. The molecule has 1 saturated carbocycles. The van der Waals surface area contributed by atoms with E-state index in [0.29, 0.717) is 11.3 Å². The molecule has 0 atom stereocenters. The summed E-state index contributed by atoms with van der Waals surface area (Å²) in [4.78, 5) is 0. The molecule has 1 fully saturated rings. The molecular formula is C31H35F. The summed E-state index contributed by atoms with van der Waals surface area (Å²) in [7, 11) is 0. The third-order valence-corrected chi connectivity index (χ3v) is 7.08. The number of halogens is 1. The minimum absolute atomic E-state index is 0.0637. The number of hydrogen-bond donors (Lipinski definition) is 0. The van der Waals surface area contributed by atoms with Crippen LogP contribution in [0.25, 0.3) is 10.8 Å². The second-order valence-corrected chi connectivity index (χ2v) is 9.61. The zero-order valence-corrected chi connectivity index (χ0v) is 19.6. The molecule has 0 bridgehead atoms. The number of unbranched alkanes of at least 4 members (excludes halogenated alkanes) is 3. The maximum atomic E-state index is 14.9. The second kappa shape index (κ2) is 10.8. The van der Waals surface area contributed by atoms with Crippen LogP contribution in [0, 0.1) is 23.6 Å². The molecule has 0 amide bonds. The molecule has 0 N–H and O–H groups in total. The summed E-state index contributed by atoms with van der Waals surface area (Å²) in [5, 5.41) is 1.63. The summed E-state index contributed by atoms with van der Waals surface area (Å²) in [5.74, 6) is 8.08. The third kappa shape index (κ3) is 5.60. The van der Waals surface area contributed by atoms with Crippen LogP contribution in [0.3, 0.4) is 0 Å². The molecule has 4 rings (SSSR count). The Hall–Kier alpha value is -2.59. The molecule has 3 aromatic rings. The highest BCUT2D eigenvalue weighted by atomic mass is 19.1. The van der Waals surface area contributed by atoms with Gasteiger partial charge in [-0.2, -0.15) is 0 Å². The molecule has 1 aliphatic carbocycles. The molecule has 0 spiro atoms. The van der Waals surface area contributed by atoms with Gasteiger partial charge in [-0.25, -0.2) is 4.39 Å². The molecule has 0 aliphatic heterocycles. The van der Waals surface area contributed by atoms with Crippen molar-refractivity contribution >= 4 is 10.8 Å². The minimum Gasteiger partial charge on any atom is -0.206 e. The molecule has 0 nitrogen and oxygen atoms in total. The van der Waals surface area contributed by atoms with E-state index in [-0.39, 0.29) is 5.82 Å². The number of fused-ring (bicyclic) bond motifs is 1. The molecule has 3 aromatic carbocycles. The molecule has 0 unspecified atom stereocenters. The van der Waals surface area contributed by atoms with Gasteiger partial charge in [-0.1, -0.05) is 88.1 Å². The molecule has 1 aliphatic rings. The number of benzene rings is 3. The van der Waals surface area contributed by atoms with Gasteiger partial charge in [0.25, 0.3) is 0 Å². The Bertz CT molecular complexity index is 1090. The van der Waals surface area contributed by atoms with E-state index in [1.165, 1.54) is 50.5 Å². The average molecular weight is 427 g/mol. The standard InChI is InChI=1S/C31H35F/c1-3-4-5-6-7-28-19-20-29-22-25(14-21-30(29)31(28)32)11-10-24-12-17-27(18-13-24)26-15-8-23(2)9-16-26/h12-14,17-23,26H,3-9,15-16H2,1-2H3. The van der Waals surface area contributed by atoms with Gasteiger partial charge in [0, 0.05) is 16.5 Å². The van der Waals surface area contributed by atoms with E-state index >= 15 is 0 Å². The van der Waals surface area contributed by atoms with Crippen LogP contribution in [0.15, 0.2) is 54.6 Å². The van der Waals surface area contributed by atoms with Gasteiger partial charge in [0.2, 0.25) is 0 Å². The Morgan fingerprint density at radius 1 is 0.812 bits per heavy atom. The van der Waals surface area contributed by atoms with E-state index in [4.69, 9.17) is 0 Å². The summed E-state index contributed by atoms with van der Waals surface area (Å²) in [5.41, 5.74) is 4.25. The van der Waals surface area contributed by atoms with Crippen LogP contribution < -0.4 is 0 Å². The maximum Gasteiger partial charge on any atom is 0.134 e. The van der Waals surface area contributed by atoms with Gasteiger partial charge >= 0.3 is 0 Å². The van der Waals surface area contributed by atoms with Crippen molar-refractivity contribution in [2.75, 3.05) is 0 Å². The lowest BCUT2D eigenvalue weighted by Crippen LogP contribution is -2.10. The molecule has 166 valence electrons. The Kier molecular flexibility index (Phi) is 7.64. The number of hydrogen-bond acceptors (Lipinski definition) is 0. The van der Waals surface area contributed by atoms with E-state index in [9.17, 15) is 4.39 Å². The van der Waals surface area contributed by atoms with Gasteiger partial charge in [0.1, 0.15) is 5.82 Å². The maximum absolute atomic E-state index is 14.9. The predicted octanol–water partition coefficient (Wildman–Crippen LogP) is 8.80. The largest absolute Gasteiger partial charge is 0.206 e. The zero-order chi connectivity index (χ0) is 22.3. The molecule has 32 heavy (non-hydrogen) atoms. The summed E-state index contributed by atoms with van der Waals surface area (Å²) in [6.07, 6.45) is 10.8. The summed E-state index contributed by atoms with van der Waals surface area (Å²) < 4.78 is 14.9. The predicted molar refractivity (Wildman–Crippen MR) is 135 cm³/mol. The SMILES string of the molecule is CCCCCCc1ccc2cc(C#Cc3ccc(C4CCC(C)CC4)cc3)ccc2c1F. The first-order valence-electron chi connectivity index (χ1n) is 12.5. The highest BCUT2D eigenvalue weighted by Crippen LogP contribution is 2.35. The zero-order valence-electron chi connectivity index (χ0n) is 19.6. The van der Waals surface area contributed by atoms with Crippen LogP contribution in [0.4, 0.5) is 4.39 Å². The van der Waals surface area contributed by atoms with Crippen LogP contribution in [0.5, 0.6) is 0 Å². The molecule has 0 saturated heterocycles. The van der Waals surface area contributed by atoms with Crippen molar-refractivity contribution in [1.29, 1.82) is 0 Å². The fourth-order valence-electron chi connectivity index (χ4n) is 4.93. The van der Waals surface area contributed by atoms with E-state index in [2.05, 4.69) is 50.0 Å². The Labute approximate surface area is 193 Å². The molecular weight excluding hydrogens is 391 g/mol. The van der Waals surface area contributed by atoms with Gasteiger partial charge in [-0.05, 0) is 78.3 Å². The molecule has 1 heteroatoms. The molecule has 0 heterocycles. The Balaban J connectivity index is 1.44. The van der Waals surface area contributed by atoms with E-state index < -0.39 is 0 Å². The lowest BCUT2D eigenvalue weighted by atomic mass is 9.79. The quantitative estimate of drug-likeness (QED) is 0.273. The fourth-order valence-corrected chi connectivity index (χ4v) is 4.93. The van der Waals surface area contributed by atoms with E-state index in [1.807, 2.05) is 30.3 Å². The van der Waals surface area contributed by atoms with Crippen molar-refractivity contribution in [1.82, 2.24) is 0 Å². The third-order valence-electron chi connectivity index (χ3n) is 7.08. The lowest BCUT2D eigenvalue weighted by molar-refractivity contribution is 0.348. The first kappa shape index (κ1) is 22.6. The van der Waals surface area contributed by atoms with Gasteiger partial charge < -0.3 is 0 Å². The summed E-state index contributed by atoms with van der Waals surface area (Å²) in [6.45, 7) is 4.56. The van der Waals surface area contributed by atoms with Crippen molar-refractivity contribution in [3.05, 3.63) is 82.7 Å². The van der Waals surface area contributed by atoms with Gasteiger partial charge in [0.15, 0.2) is 0 Å². The van der Waals surface area contributed by atoms with Crippen LogP contribution >= 0.6 is 0 Å². The number of rotatable bonds is 6. The van der Waals surface area contributed by atoms with Crippen molar-refractivity contribution in [3.63, 3.8) is 0 Å². The fraction of sp³-hybridized carbons (Fsp3) is 0.419. The topological polar surface area (TPSA) is 0 Å². The van der Waals surface area contributed by atoms with Crippen molar-refractivity contribution in [2.24, 2.45) is 5.92 Å². The first-order valence-corrected chi connectivity index (χ1v) is 12.5. The highest BCUT2D eigenvalue weighted by molar-refractivity contribution is 5.85. The normalized spacial score (nSPS) is 18.3. The first-order chi connectivity index (χ1) is 15.6. The lowest BCUT2D eigenvalue weighted by Gasteiger charge is -2.26. The smallest absolute Gasteiger partial charge is 0.134 e. The van der Waals surface area contributed by atoms with Crippen LogP contribution in [-0.4, -0.2) is 0 Å². The van der Waals surface area contributed by atoms with Gasteiger partial charge in [-0.15, -0.1) is 0 Å². The molecule has 0 radical (unpaired) electrons. The summed E-state index contributed by atoms with van der Waals surface area (Å²) >= 11 is 0. The van der Waals surface area contributed by atoms with Gasteiger partial charge in [-0.3, -0.25) is 0 Å². The van der Waals surface area contributed by atoms with Crippen LogP contribution in [-0.2, 0) is 6.42 Å². The van der Waals surface area contributed by atoms with Gasteiger partial charge in [0.05, 0.1) is 0 Å². The van der Waals surface area contributed by atoms with E-state index in [1.54, 1.807) is 0 Å². The minimum atomic E-state index is -0.0637. The Morgan fingerprint density at radius 3 is 2.28 bits per heavy atom. The van der Waals surface area contributed by atoms with Crippen molar-refractivity contribution in [2.45, 2.75) is 77.6 Å². The molecule has 0 aromatic heterocycles. The van der Waals surface area contributed by atoms with E-state index in [0.717, 1.165) is 40.8 Å². The van der Waals surface area contributed by atoms with Crippen LogP contribution in [0.2, 0.25) is 0 Å². The van der Waals surface area contributed by atoms with Crippen LogP contribution in [0.1, 0.15) is 93.4 Å².